The number of aromatic nitrogens is 1. The minimum Gasteiger partial charge on any atom is -0.395 e. The van der Waals surface area contributed by atoms with Crippen LogP contribution in [0.1, 0.15) is 15.9 Å². The molecule has 1 aromatic heterocycles. The molecule has 122 valence electrons. The van der Waals surface area contributed by atoms with Gasteiger partial charge in [0.1, 0.15) is 0 Å². The highest BCUT2D eigenvalue weighted by atomic mass is 16.3. The number of benzene rings is 2. The molecule has 1 heterocycles. The van der Waals surface area contributed by atoms with E-state index >= 15 is 0 Å². The lowest BCUT2D eigenvalue weighted by Crippen LogP contribution is -2.33. The average molecular weight is 320 g/mol. The van der Waals surface area contributed by atoms with Gasteiger partial charge in [-0.25, -0.2) is 0 Å². The molecule has 0 aliphatic heterocycles. The quantitative estimate of drug-likeness (QED) is 0.758. The van der Waals surface area contributed by atoms with Crippen LogP contribution in [0.25, 0.3) is 5.69 Å². The van der Waals surface area contributed by atoms with Crippen LogP contribution >= 0.6 is 0 Å². The van der Waals surface area contributed by atoms with Gasteiger partial charge in [-0.2, -0.15) is 0 Å². The zero-order chi connectivity index (χ0) is 16.8. The minimum absolute atomic E-state index is 0.0555. The summed E-state index contributed by atoms with van der Waals surface area (Å²) in [6.45, 7) is 0.743. The molecule has 0 fully saturated rings. The summed E-state index contributed by atoms with van der Waals surface area (Å²) in [5, 5.41) is 9.28. The smallest absolute Gasteiger partial charge is 0.254 e. The summed E-state index contributed by atoms with van der Waals surface area (Å²) >= 11 is 0. The second-order valence-corrected chi connectivity index (χ2v) is 5.57. The maximum Gasteiger partial charge on any atom is 0.254 e. The van der Waals surface area contributed by atoms with Gasteiger partial charge < -0.3 is 14.6 Å². The van der Waals surface area contributed by atoms with Gasteiger partial charge in [0.2, 0.25) is 0 Å². The monoisotopic (exact) mass is 320 g/mol. The molecule has 0 atom stereocenters. The van der Waals surface area contributed by atoms with E-state index in [1.807, 2.05) is 83.7 Å². The minimum atomic E-state index is -0.0769. The van der Waals surface area contributed by atoms with E-state index in [1.54, 1.807) is 4.90 Å². The van der Waals surface area contributed by atoms with Crippen LogP contribution < -0.4 is 0 Å². The third-order valence-corrected chi connectivity index (χ3v) is 3.89. The molecule has 0 bridgehead atoms. The summed E-state index contributed by atoms with van der Waals surface area (Å²) in [5.74, 6) is -0.0769. The fourth-order valence-electron chi connectivity index (χ4n) is 2.64. The third kappa shape index (κ3) is 3.73. The largest absolute Gasteiger partial charge is 0.395 e. The first kappa shape index (κ1) is 16.0. The molecule has 0 aliphatic rings. The van der Waals surface area contributed by atoms with E-state index in [4.69, 9.17) is 0 Å². The zero-order valence-electron chi connectivity index (χ0n) is 13.4. The number of hydrogen-bond donors (Lipinski definition) is 1. The predicted molar refractivity (Wildman–Crippen MR) is 94.0 cm³/mol. The highest BCUT2D eigenvalue weighted by Gasteiger charge is 2.15. The van der Waals surface area contributed by atoms with E-state index in [1.165, 1.54) is 0 Å². The molecule has 0 aliphatic carbocycles. The SMILES string of the molecule is O=C(c1ccc(-n2cccc2)cc1)N(CCO)Cc1ccccc1. The van der Waals surface area contributed by atoms with Gasteiger partial charge in [0, 0.05) is 36.7 Å². The Labute approximate surface area is 141 Å². The number of carbonyl (C=O) groups is 1. The van der Waals surface area contributed by atoms with Crippen molar-refractivity contribution in [2.24, 2.45) is 0 Å². The van der Waals surface area contributed by atoms with Crippen LogP contribution in [0.2, 0.25) is 0 Å². The molecular weight excluding hydrogens is 300 g/mol. The lowest BCUT2D eigenvalue weighted by molar-refractivity contribution is 0.0708. The highest BCUT2D eigenvalue weighted by Crippen LogP contribution is 2.14. The Morgan fingerprint density at radius 1 is 0.917 bits per heavy atom. The zero-order valence-corrected chi connectivity index (χ0v) is 13.4. The van der Waals surface area contributed by atoms with Crippen molar-refractivity contribution in [1.82, 2.24) is 9.47 Å². The molecule has 4 nitrogen and oxygen atoms in total. The second-order valence-electron chi connectivity index (χ2n) is 5.57. The summed E-state index contributed by atoms with van der Waals surface area (Å²) in [4.78, 5) is 14.4. The first-order valence-electron chi connectivity index (χ1n) is 7.95. The van der Waals surface area contributed by atoms with Gasteiger partial charge in [-0.15, -0.1) is 0 Å². The van der Waals surface area contributed by atoms with Crippen molar-refractivity contribution in [3.05, 3.63) is 90.3 Å². The van der Waals surface area contributed by atoms with Crippen LogP contribution in [-0.2, 0) is 6.54 Å². The second kappa shape index (κ2) is 7.62. The molecule has 0 spiro atoms. The number of hydrogen-bond acceptors (Lipinski definition) is 2. The van der Waals surface area contributed by atoms with E-state index in [0.29, 0.717) is 18.7 Å². The van der Waals surface area contributed by atoms with Gasteiger partial charge in [0.05, 0.1) is 6.61 Å². The Hall–Kier alpha value is -2.85. The molecule has 0 unspecified atom stereocenters. The number of aliphatic hydroxyl groups excluding tert-OH is 1. The van der Waals surface area contributed by atoms with Gasteiger partial charge >= 0.3 is 0 Å². The van der Waals surface area contributed by atoms with E-state index in [-0.39, 0.29) is 12.5 Å². The standard InChI is InChI=1S/C20H20N2O2/c23-15-14-22(16-17-6-2-1-3-7-17)20(24)18-8-10-19(11-9-18)21-12-4-5-13-21/h1-13,23H,14-16H2. The number of nitrogens with zero attached hydrogens (tertiary/aromatic N) is 2. The molecule has 2 aromatic carbocycles. The van der Waals surface area contributed by atoms with Crippen molar-refractivity contribution in [2.75, 3.05) is 13.2 Å². The number of rotatable bonds is 6. The van der Waals surface area contributed by atoms with Crippen molar-refractivity contribution in [3.8, 4) is 5.69 Å². The van der Waals surface area contributed by atoms with Gasteiger partial charge in [0.25, 0.3) is 5.91 Å². The van der Waals surface area contributed by atoms with Gasteiger partial charge in [-0.3, -0.25) is 4.79 Å². The van der Waals surface area contributed by atoms with Gasteiger partial charge in [-0.05, 0) is 42.0 Å². The maximum absolute atomic E-state index is 12.7. The van der Waals surface area contributed by atoms with E-state index in [9.17, 15) is 9.90 Å². The van der Waals surface area contributed by atoms with Crippen molar-refractivity contribution < 1.29 is 9.90 Å². The molecule has 4 heteroatoms. The Bertz CT molecular complexity index is 765. The normalized spacial score (nSPS) is 10.5. The molecule has 24 heavy (non-hydrogen) atoms. The van der Waals surface area contributed by atoms with Crippen molar-refractivity contribution >= 4 is 5.91 Å². The summed E-state index contributed by atoms with van der Waals surface area (Å²) in [6.07, 6.45) is 3.93. The Morgan fingerprint density at radius 3 is 2.21 bits per heavy atom. The predicted octanol–water partition coefficient (Wildman–Crippen LogP) is 3.11. The first-order valence-corrected chi connectivity index (χ1v) is 7.95. The average Bonchev–Trinajstić information content (AvgIpc) is 3.16. The molecule has 1 N–H and O–H groups in total. The first-order chi connectivity index (χ1) is 11.8. The van der Waals surface area contributed by atoms with Crippen molar-refractivity contribution in [2.45, 2.75) is 6.54 Å². The fourth-order valence-corrected chi connectivity index (χ4v) is 2.64. The number of amides is 1. The van der Waals surface area contributed by atoms with Crippen LogP contribution in [-0.4, -0.2) is 33.6 Å². The summed E-state index contributed by atoms with van der Waals surface area (Å²) < 4.78 is 1.99. The molecule has 0 saturated heterocycles. The van der Waals surface area contributed by atoms with Gasteiger partial charge in [0.15, 0.2) is 0 Å². The van der Waals surface area contributed by atoms with E-state index < -0.39 is 0 Å². The van der Waals surface area contributed by atoms with Crippen LogP contribution in [0.15, 0.2) is 79.1 Å². The third-order valence-electron chi connectivity index (χ3n) is 3.89. The Morgan fingerprint density at radius 2 is 1.58 bits per heavy atom. The number of aliphatic hydroxyl groups is 1. The van der Waals surface area contributed by atoms with Crippen LogP contribution in [0, 0.1) is 0 Å². The lowest BCUT2D eigenvalue weighted by Gasteiger charge is -2.22. The highest BCUT2D eigenvalue weighted by molar-refractivity contribution is 5.94. The maximum atomic E-state index is 12.7. The topological polar surface area (TPSA) is 45.5 Å². The van der Waals surface area contributed by atoms with Crippen molar-refractivity contribution in [1.29, 1.82) is 0 Å². The number of carbonyl (C=O) groups excluding carboxylic acids is 1. The van der Waals surface area contributed by atoms with Crippen LogP contribution in [0.4, 0.5) is 0 Å². The van der Waals surface area contributed by atoms with E-state index in [2.05, 4.69) is 0 Å². The molecule has 0 radical (unpaired) electrons. The van der Waals surface area contributed by atoms with Gasteiger partial charge in [-0.1, -0.05) is 30.3 Å². The Kier molecular flexibility index (Phi) is 5.08. The van der Waals surface area contributed by atoms with Crippen LogP contribution in [0.3, 0.4) is 0 Å². The molecule has 3 rings (SSSR count). The molecule has 1 amide bonds. The van der Waals surface area contributed by atoms with Crippen LogP contribution in [0.5, 0.6) is 0 Å². The molecule has 3 aromatic rings. The van der Waals surface area contributed by atoms with Crippen molar-refractivity contribution in [3.63, 3.8) is 0 Å². The molecular formula is C20H20N2O2. The lowest BCUT2D eigenvalue weighted by atomic mass is 10.1. The summed E-state index contributed by atoms with van der Waals surface area (Å²) in [5.41, 5.74) is 2.67. The summed E-state index contributed by atoms with van der Waals surface area (Å²) in [7, 11) is 0. The Balaban J connectivity index is 1.77. The fraction of sp³-hybridized carbons (Fsp3) is 0.150. The molecule has 0 saturated carbocycles. The summed E-state index contributed by atoms with van der Waals surface area (Å²) in [6, 6.07) is 21.2. The van der Waals surface area contributed by atoms with E-state index in [0.717, 1.165) is 11.3 Å².